The van der Waals surface area contributed by atoms with Crippen LogP contribution in [-0.4, -0.2) is 187 Å². The summed E-state index contributed by atoms with van der Waals surface area (Å²) in [4.78, 5) is 86.5. The average Bonchev–Trinajstić information content (AvgIpc) is 2.61. The van der Waals surface area contributed by atoms with Crippen molar-refractivity contribution in [3.8, 4) is 5.75 Å². The minimum Gasteiger partial charge on any atom is -0.496 e. The molecule has 0 radical (unpaired) electrons. The van der Waals surface area contributed by atoms with E-state index < -0.39 is 87.7 Å². The molecule has 12 atom stereocenters. The molecule has 426 valence electrons. The van der Waals surface area contributed by atoms with Gasteiger partial charge in [0.25, 0.3) is 0 Å². The van der Waals surface area contributed by atoms with Crippen LogP contribution in [0.25, 0.3) is 10.9 Å². The third-order valence-corrected chi connectivity index (χ3v) is 20.0. The van der Waals surface area contributed by atoms with Crippen molar-refractivity contribution in [2.45, 2.75) is 150 Å². The van der Waals surface area contributed by atoms with Crippen LogP contribution in [-0.2, 0) is 55.4 Å². The van der Waals surface area contributed by atoms with Crippen molar-refractivity contribution in [2.24, 2.45) is 11.3 Å². The Morgan fingerprint density at radius 3 is 2.42 bits per heavy atom. The third-order valence-electron chi connectivity index (χ3n) is 20.0. The smallest absolute Gasteiger partial charge is 0.410 e. The molecule has 1 aromatic heterocycles. The molecule has 7 unspecified atom stereocenters. The van der Waals surface area contributed by atoms with E-state index in [4.69, 9.17) is 23.7 Å². The van der Waals surface area contributed by atoms with Gasteiger partial charge in [0, 0.05) is 97.6 Å². The number of carbonyl (C=O) groups excluding carboxylic acids is 5. The van der Waals surface area contributed by atoms with Gasteiger partial charge in [0.05, 0.1) is 33.0 Å². The summed E-state index contributed by atoms with van der Waals surface area (Å²) < 4.78 is 30.7. The van der Waals surface area contributed by atoms with E-state index in [2.05, 4.69) is 26.9 Å². The summed E-state index contributed by atoms with van der Waals surface area (Å²) in [6.45, 7) is 6.89. The second-order valence-corrected chi connectivity index (χ2v) is 24.1. The number of piperidine rings is 1. The molecule has 79 heavy (non-hydrogen) atoms. The Hall–Kier alpha value is -5.95. The molecule has 4 fully saturated rings. The van der Waals surface area contributed by atoms with Crippen molar-refractivity contribution in [1.82, 2.24) is 24.6 Å². The first kappa shape index (κ1) is 55.0. The first-order chi connectivity index (χ1) is 38.0. The fourth-order valence-corrected chi connectivity index (χ4v) is 16.6. The first-order valence-corrected chi connectivity index (χ1v) is 28.9. The van der Waals surface area contributed by atoms with Gasteiger partial charge >= 0.3 is 24.0 Å². The molecule has 18 heteroatoms. The summed E-state index contributed by atoms with van der Waals surface area (Å²) in [5.74, 6) is -2.43. The highest BCUT2D eigenvalue weighted by atomic mass is 16.6. The van der Waals surface area contributed by atoms with Crippen LogP contribution >= 0.6 is 0 Å². The van der Waals surface area contributed by atoms with Gasteiger partial charge < -0.3 is 53.6 Å². The van der Waals surface area contributed by atoms with Gasteiger partial charge in [0.2, 0.25) is 11.5 Å². The predicted molar refractivity (Wildman–Crippen MR) is 295 cm³/mol. The predicted octanol–water partition coefficient (Wildman–Crippen LogP) is 5.92. The molecule has 3 aromatic rings. The van der Waals surface area contributed by atoms with Gasteiger partial charge in [0.15, 0.2) is 6.10 Å². The number of methoxy groups -OCH3 is 3. The van der Waals surface area contributed by atoms with Crippen LogP contribution in [0, 0.1) is 11.3 Å². The number of rotatable bonds is 11. The molecule has 2 bridgehead atoms. The van der Waals surface area contributed by atoms with E-state index in [0.717, 1.165) is 47.7 Å². The zero-order valence-corrected chi connectivity index (χ0v) is 47.1. The highest BCUT2D eigenvalue weighted by Gasteiger charge is 2.80. The zero-order chi connectivity index (χ0) is 55.8. The molecule has 6 aliphatic heterocycles. The number of allylic oxidation sites excluding steroid dienone is 1. The molecule has 11 rings (SSSR count). The Balaban J connectivity index is 1.02. The Kier molecular flexibility index (Phi) is 14.5. The molecule has 7 heterocycles. The van der Waals surface area contributed by atoms with Crippen LogP contribution in [0.15, 0.2) is 60.7 Å². The molecule has 1 saturated carbocycles. The van der Waals surface area contributed by atoms with Crippen molar-refractivity contribution in [2.75, 3.05) is 86.1 Å². The van der Waals surface area contributed by atoms with E-state index in [9.17, 15) is 19.8 Å². The number of carbonyl (C=O) groups is 5. The number of anilines is 1. The second kappa shape index (κ2) is 20.9. The summed E-state index contributed by atoms with van der Waals surface area (Å²) in [6.07, 6.45) is 13.6. The van der Waals surface area contributed by atoms with E-state index in [0.29, 0.717) is 100 Å². The highest BCUT2D eigenvalue weighted by molar-refractivity contribution is 5.95. The maximum Gasteiger partial charge on any atom is 0.410 e. The van der Waals surface area contributed by atoms with Crippen molar-refractivity contribution < 1.29 is 57.9 Å². The number of hydrogen-bond donors (Lipinski definition) is 3. The maximum absolute atomic E-state index is 15.6. The minimum absolute atomic E-state index is 0.156. The SMILES string of the molecule is CC[C@]1(O)C[C@@H]2CN(CCc3c([nH]c4ccccc34)[C@@](C(=O)OC)(c3cc4c(cc3OC)N(C)C3C45CCN4CC=C[C@](CC)(C45)[C@@H](OC(=O)C4CCCN4C(=O)CN(C)C(=O)OC4/C=C/CCCCC4)C3(O)C(=O)OC)C2)C1. The number of benzene rings is 2. The van der Waals surface area contributed by atoms with Gasteiger partial charge in [-0.3, -0.25) is 19.4 Å². The van der Waals surface area contributed by atoms with Crippen LogP contribution in [0.4, 0.5) is 10.5 Å². The number of aliphatic hydroxyl groups is 2. The van der Waals surface area contributed by atoms with Crippen molar-refractivity contribution in [3.05, 3.63) is 83.1 Å². The number of likely N-dealkylation sites (N-methyl/N-ethyl adjacent to an activating group) is 2. The number of para-hydroxylation sites is 1. The number of likely N-dealkylation sites (tertiary alicyclic amines) is 1. The Labute approximate surface area is 463 Å². The van der Waals surface area contributed by atoms with E-state index >= 15 is 14.4 Å². The second-order valence-electron chi connectivity index (χ2n) is 24.1. The number of amides is 2. The van der Waals surface area contributed by atoms with E-state index in [1.807, 2.05) is 74.4 Å². The first-order valence-electron chi connectivity index (χ1n) is 28.9. The standard InChI is InChI=1S/C61H80N6O12/c1-8-57(73)33-38-34-60(54(70)76-6,49-41(24-29-65(35-38)37-57)40-21-15-16-22-44(40)62-49)43-31-42-46(32-47(43)75-5)64(4)52-59(42)26-30-66-27-18-25-58(9-2,51(59)66)53(61(52,74)55(71)77-7)79-50(69)45-23-17-28-67(45)48(68)36-63(3)56(72)78-39-19-13-11-10-12-14-20-39/h13,15-16,18-19,21-22,25,31-32,38-39,45,51-53,62,73-74H,8-12,14,17,20,23-24,26-30,33-37H2,1-7H3/b19-13+/t38-,39?,45?,51?,52?,53+,57-,58+,59?,60-,61?/m0/s1. The van der Waals surface area contributed by atoms with Crippen LogP contribution < -0.4 is 9.64 Å². The minimum atomic E-state index is -2.52. The van der Waals surface area contributed by atoms with Crippen LogP contribution in [0.1, 0.15) is 113 Å². The lowest BCUT2D eigenvalue weighted by molar-refractivity contribution is -0.231. The molecule has 18 nitrogen and oxygen atoms in total. The maximum atomic E-state index is 15.6. The fraction of sp³-hybridized carbons (Fsp3) is 0.623. The van der Waals surface area contributed by atoms with Gasteiger partial charge in [-0.25, -0.2) is 14.4 Å². The molecule has 8 aliphatic rings. The molecular weight excluding hydrogens is 1010 g/mol. The lowest BCUT2D eigenvalue weighted by Crippen LogP contribution is -2.81. The number of aromatic amines is 1. The van der Waals surface area contributed by atoms with Crippen LogP contribution in [0.5, 0.6) is 5.75 Å². The number of hydrogen-bond acceptors (Lipinski definition) is 15. The summed E-state index contributed by atoms with van der Waals surface area (Å²) >= 11 is 0. The molecule has 1 spiro atoms. The van der Waals surface area contributed by atoms with Gasteiger partial charge in [-0.15, -0.1) is 0 Å². The fourth-order valence-electron chi connectivity index (χ4n) is 16.6. The molecule has 3 N–H and O–H groups in total. The van der Waals surface area contributed by atoms with Crippen molar-refractivity contribution in [3.63, 3.8) is 0 Å². The summed E-state index contributed by atoms with van der Waals surface area (Å²) in [7, 11) is 7.57. The van der Waals surface area contributed by atoms with Gasteiger partial charge in [-0.2, -0.15) is 0 Å². The Morgan fingerprint density at radius 2 is 1.66 bits per heavy atom. The molecule has 3 saturated heterocycles. The number of nitrogens with zero attached hydrogens (tertiary/aromatic N) is 5. The molecule has 2 aromatic carbocycles. The summed E-state index contributed by atoms with van der Waals surface area (Å²) in [5, 5.41) is 27.2. The molecule has 2 amide bonds. The van der Waals surface area contributed by atoms with E-state index in [1.165, 1.54) is 31.1 Å². The number of esters is 3. The summed E-state index contributed by atoms with van der Waals surface area (Å²) in [5.41, 5.74) is -2.64. The lowest BCUT2D eigenvalue weighted by Gasteiger charge is -2.63. The van der Waals surface area contributed by atoms with Gasteiger partial charge in [-0.1, -0.05) is 56.7 Å². The number of aromatic nitrogens is 1. The van der Waals surface area contributed by atoms with E-state index in [-0.39, 0.29) is 31.8 Å². The van der Waals surface area contributed by atoms with Crippen molar-refractivity contribution >= 4 is 46.5 Å². The topological polar surface area (TPSA) is 204 Å². The number of nitrogens with one attached hydrogen (secondary N) is 1. The monoisotopic (exact) mass is 1090 g/mol. The zero-order valence-electron chi connectivity index (χ0n) is 47.1. The summed E-state index contributed by atoms with van der Waals surface area (Å²) in [6, 6.07) is 9.47. The lowest BCUT2D eigenvalue weighted by atomic mass is 9.47. The highest BCUT2D eigenvalue weighted by Crippen LogP contribution is 2.68. The normalized spacial score (nSPS) is 35.0. The van der Waals surface area contributed by atoms with Crippen LogP contribution in [0.2, 0.25) is 0 Å². The largest absolute Gasteiger partial charge is 0.496 e. The Bertz CT molecular complexity index is 2960. The average molecular weight is 1090 g/mol. The third kappa shape index (κ3) is 8.49. The quantitative estimate of drug-likeness (QED) is 0.116. The van der Waals surface area contributed by atoms with Gasteiger partial charge in [-0.05, 0) is 119 Å². The number of fused-ring (bicyclic) bond motifs is 6. The van der Waals surface area contributed by atoms with E-state index in [1.54, 1.807) is 7.11 Å². The van der Waals surface area contributed by atoms with Crippen LogP contribution in [0.3, 0.4) is 0 Å². The Morgan fingerprint density at radius 1 is 0.861 bits per heavy atom. The van der Waals surface area contributed by atoms with Gasteiger partial charge in [0.1, 0.15) is 29.9 Å². The van der Waals surface area contributed by atoms with Crippen molar-refractivity contribution in [1.29, 1.82) is 0 Å². The number of H-pyrrole nitrogens is 1. The molecule has 2 aliphatic carbocycles. The number of ether oxygens (including phenoxy) is 5. The molecular formula is C61H80N6O12.